The van der Waals surface area contributed by atoms with Crippen LogP contribution >= 0.6 is 0 Å². The molecule has 0 radical (unpaired) electrons. The molecule has 0 aromatic rings. The van der Waals surface area contributed by atoms with Gasteiger partial charge in [-0.1, -0.05) is 38.5 Å². The Balaban J connectivity index is 1.79. The van der Waals surface area contributed by atoms with Gasteiger partial charge in [0.25, 0.3) is 0 Å². The van der Waals surface area contributed by atoms with Crippen molar-refractivity contribution in [2.24, 2.45) is 11.7 Å². The van der Waals surface area contributed by atoms with Gasteiger partial charge in [-0.05, 0) is 44.8 Å². The van der Waals surface area contributed by atoms with Crippen molar-refractivity contribution in [1.82, 2.24) is 5.32 Å². The van der Waals surface area contributed by atoms with Crippen LogP contribution in [0.2, 0.25) is 0 Å². The van der Waals surface area contributed by atoms with Gasteiger partial charge < -0.3 is 11.1 Å². The van der Waals surface area contributed by atoms with E-state index in [0.29, 0.717) is 0 Å². The van der Waals surface area contributed by atoms with Crippen LogP contribution in [0.25, 0.3) is 0 Å². The molecule has 3 N–H and O–H groups in total. The van der Waals surface area contributed by atoms with Gasteiger partial charge in [-0.25, -0.2) is 0 Å². The monoisotopic (exact) mass is 212 g/mol. The average molecular weight is 212 g/mol. The lowest BCUT2D eigenvalue weighted by Gasteiger charge is -2.22. The number of nitrogens with two attached hydrogens (primary N) is 1. The maximum absolute atomic E-state index is 5.46. The quantitative estimate of drug-likeness (QED) is 0.607. The lowest BCUT2D eigenvalue weighted by atomic mass is 9.92. The summed E-state index contributed by atoms with van der Waals surface area (Å²) in [4.78, 5) is 0. The summed E-state index contributed by atoms with van der Waals surface area (Å²) >= 11 is 0. The highest BCUT2D eigenvalue weighted by Gasteiger charge is 2.11. The minimum Gasteiger partial charge on any atom is -0.330 e. The van der Waals surface area contributed by atoms with E-state index in [0.717, 1.165) is 12.5 Å². The summed E-state index contributed by atoms with van der Waals surface area (Å²) in [6, 6.07) is 0. The molecule has 90 valence electrons. The fraction of sp³-hybridized carbons (Fsp3) is 1.00. The molecule has 1 rings (SSSR count). The fourth-order valence-corrected chi connectivity index (χ4v) is 2.45. The highest BCUT2D eigenvalue weighted by Crippen LogP contribution is 2.19. The van der Waals surface area contributed by atoms with Crippen LogP contribution in [0.1, 0.15) is 57.8 Å². The molecule has 0 aliphatic carbocycles. The summed E-state index contributed by atoms with van der Waals surface area (Å²) in [5, 5.41) is 3.43. The molecule has 0 unspecified atom stereocenters. The Morgan fingerprint density at radius 3 is 2.13 bits per heavy atom. The van der Waals surface area contributed by atoms with E-state index in [-0.39, 0.29) is 0 Å². The van der Waals surface area contributed by atoms with E-state index >= 15 is 0 Å². The molecule has 0 saturated carbocycles. The Bertz CT molecular complexity index is 130. The summed E-state index contributed by atoms with van der Waals surface area (Å²) in [5.41, 5.74) is 5.46. The summed E-state index contributed by atoms with van der Waals surface area (Å²) in [7, 11) is 0. The number of unbranched alkanes of at least 4 members (excludes halogenated alkanes) is 5. The zero-order chi connectivity index (χ0) is 10.8. The van der Waals surface area contributed by atoms with Crippen LogP contribution < -0.4 is 11.1 Å². The first kappa shape index (κ1) is 13.0. The lowest BCUT2D eigenvalue weighted by Crippen LogP contribution is -2.27. The van der Waals surface area contributed by atoms with Crippen LogP contribution in [0.15, 0.2) is 0 Å². The standard InChI is InChI=1S/C13H28N2/c14-10-6-4-2-1-3-5-7-13-8-11-15-12-9-13/h13,15H,1-12,14H2. The van der Waals surface area contributed by atoms with E-state index < -0.39 is 0 Å². The van der Waals surface area contributed by atoms with Gasteiger partial charge in [0.1, 0.15) is 0 Å². The second-order valence-electron chi connectivity index (χ2n) is 4.89. The molecule has 2 heteroatoms. The Hall–Kier alpha value is -0.0800. The fourth-order valence-electron chi connectivity index (χ4n) is 2.45. The maximum Gasteiger partial charge on any atom is -0.00463 e. The van der Waals surface area contributed by atoms with E-state index in [1.54, 1.807) is 0 Å². The third-order valence-corrected chi connectivity index (χ3v) is 3.53. The van der Waals surface area contributed by atoms with Crippen molar-refractivity contribution >= 4 is 0 Å². The average Bonchev–Trinajstić information content (AvgIpc) is 2.29. The molecule has 0 amide bonds. The Morgan fingerprint density at radius 1 is 0.867 bits per heavy atom. The second-order valence-corrected chi connectivity index (χ2v) is 4.89. The minimum absolute atomic E-state index is 0.870. The van der Waals surface area contributed by atoms with Crippen LogP contribution in [0.3, 0.4) is 0 Å². The van der Waals surface area contributed by atoms with Crippen molar-refractivity contribution in [3.05, 3.63) is 0 Å². The Morgan fingerprint density at radius 2 is 1.47 bits per heavy atom. The van der Waals surface area contributed by atoms with Gasteiger partial charge in [0.2, 0.25) is 0 Å². The second kappa shape index (κ2) is 9.17. The topological polar surface area (TPSA) is 38.0 Å². The number of hydrogen-bond acceptors (Lipinski definition) is 2. The normalized spacial score (nSPS) is 18.2. The summed E-state index contributed by atoms with van der Waals surface area (Å²) in [6.07, 6.45) is 12.5. The van der Waals surface area contributed by atoms with Gasteiger partial charge in [-0.3, -0.25) is 0 Å². The van der Waals surface area contributed by atoms with Gasteiger partial charge in [0, 0.05) is 0 Å². The van der Waals surface area contributed by atoms with Gasteiger partial charge in [0.05, 0.1) is 0 Å². The van der Waals surface area contributed by atoms with Gasteiger partial charge >= 0.3 is 0 Å². The third kappa shape index (κ3) is 6.91. The first-order valence-corrected chi connectivity index (χ1v) is 6.84. The van der Waals surface area contributed by atoms with Crippen LogP contribution in [0.4, 0.5) is 0 Å². The van der Waals surface area contributed by atoms with Crippen molar-refractivity contribution in [3.63, 3.8) is 0 Å². The van der Waals surface area contributed by atoms with Crippen molar-refractivity contribution in [2.45, 2.75) is 57.8 Å². The van der Waals surface area contributed by atoms with Crippen molar-refractivity contribution < 1.29 is 0 Å². The highest BCUT2D eigenvalue weighted by atomic mass is 14.9. The van der Waals surface area contributed by atoms with Crippen molar-refractivity contribution in [2.75, 3.05) is 19.6 Å². The minimum atomic E-state index is 0.870. The zero-order valence-electron chi connectivity index (χ0n) is 10.1. The predicted molar refractivity (Wildman–Crippen MR) is 67.0 cm³/mol. The molecule has 0 bridgehead atoms. The molecule has 15 heavy (non-hydrogen) atoms. The van der Waals surface area contributed by atoms with E-state index in [1.807, 2.05) is 0 Å². The number of rotatable bonds is 8. The number of piperidine rings is 1. The van der Waals surface area contributed by atoms with Gasteiger partial charge in [-0.15, -0.1) is 0 Å². The number of nitrogens with one attached hydrogen (secondary N) is 1. The van der Waals surface area contributed by atoms with Gasteiger partial charge in [0.15, 0.2) is 0 Å². The van der Waals surface area contributed by atoms with E-state index in [4.69, 9.17) is 5.73 Å². The molecule has 0 atom stereocenters. The Labute approximate surface area is 95.0 Å². The molecule has 2 nitrogen and oxygen atoms in total. The molecular weight excluding hydrogens is 184 g/mol. The first-order chi connectivity index (χ1) is 7.43. The summed E-state index contributed by atoms with van der Waals surface area (Å²) in [5.74, 6) is 1.02. The largest absolute Gasteiger partial charge is 0.330 e. The molecule has 0 aromatic heterocycles. The van der Waals surface area contributed by atoms with Gasteiger partial charge in [-0.2, -0.15) is 0 Å². The van der Waals surface area contributed by atoms with Crippen LogP contribution in [0, 0.1) is 5.92 Å². The molecule has 1 heterocycles. The molecular formula is C13H28N2. The molecule has 1 fully saturated rings. The first-order valence-electron chi connectivity index (χ1n) is 6.84. The Kier molecular flexibility index (Phi) is 7.94. The summed E-state index contributed by atoms with van der Waals surface area (Å²) in [6.45, 7) is 3.37. The van der Waals surface area contributed by atoms with Crippen LogP contribution in [-0.4, -0.2) is 19.6 Å². The molecule has 0 aromatic carbocycles. The van der Waals surface area contributed by atoms with E-state index in [2.05, 4.69) is 5.32 Å². The maximum atomic E-state index is 5.46. The predicted octanol–water partition coefficient (Wildman–Crippen LogP) is 2.68. The highest BCUT2D eigenvalue weighted by molar-refractivity contribution is 4.68. The van der Waals surface area contributed by atoms with E-state index in [1.165, 1.54) is 70.9 Å². The molecule has 1 saturated heterocycles. The smallest absolute Gasteiger partial charge is 0.00463 e. The van der Waals surface area contributed by atoms with Crippen LogP contribution in [0.5, 0.6) is 0 Å². The van der Waals surface area contributed by atoms with Crippen molar-refractivity contribution in [1.29, 1.82) is 0 Å². The third-order valence-electron chi connectivity index (χ3n) is 3.53. The molecule has 1 aliphatic rings. The summed E-state index contributed by atoms with van der Waals surface area (Å²) < 4.78 is 0. The van der Waals surface area contributed by atoms with E-state index in [9.17, 15) is 0 Å². The molecule has 0 spiro atoms. The molecule has 1 aliphatic heterocycles. The van der Waals surface area contributed by atoms with Crippen molar-refractivity contribution in [3.8, 4) is 0 Å². The SMILES string of the molecule is NCCCCCCCCC1CCNCC1. The number of hydrogen-bond donors (Lipinski definition) is 2. The van der Waals surface area contributed by atoms with Crippen LogP contribution in [-0.2, 0) is 0 Å². The zero-order valence-corrected chi connectivity index (χ0v) is 10.1. The lowest BCUT2D eigenvalue weighted by molar-refractivity contribution is 0.342.